The van der Waals surface area contributed by atoms with Gasteiger partial charge in [0.15, 0.2) is 0 Å². The van der Waals surface area contributed by atoms with E-state index in [9.17, 15) is 4.79 Å². The smallest absolute Gasteiger partial charge is 0.236 e. The van der Waals surface area contributed by atoms with Crippen molar-refractivity contribution in [3.8, 4) is 0 Å². The number of rotatable bonds is 5. The first-order valence-electron chi connectivity index (χ1n) is 4.56. The van der Waals surface area contributed by atoms with E-state index in [1.165, 1.54) is 0 Å². The first kappa shape index (κ1) is 11.9. The summed E-state index contributed by atoms with van der Waals surface area (Å²) in [5.74, 6) is 0.207. The van der Waals surface area contributed by atoms with Gasteiger partial charge in [-0.25, -0.2) is 0 Å². The Morgan fingerprint density at radius 1 is 1.33 bits per heavy atom. The zero-order chi connectivity index (χ0) is 9.56. The lowest BCUT2D eigenvalue weighted by Gasteiger charge is -2.22. The standard InChI is InChI=1S/C9H18BrNO/c1-4-6-11(7-5-2)9(12)8(3)10/h8H,4-7H2,1-3H3/t8-/m1/s1. The molecule has 0 aromatic heterocycles. The van der Waals surface area contributed by atoms with Gasteiger partial charge in [-0.15, -0.1) is 0 Å². The molecule has 0 aliphatic rings. The van der Waals surface area contributed by atoms with E-state index in [4.69, 9.17) is 0 Å². The second-order valence-corrected chi connectivity index (χ2v) is 4.31. The fourth-order valence-electron chi connectivity index (χ4n) is 1.12. The summed E-state index contributed by atoms with van der Waals surface area (Å²) in [6.45, 7) is 7.82. The fraction of sp³-hybridized carbons (Fsp3) is 0.889. The van der Waals surface area contributed by atoms with Crippen molar-refractivity contribution in [2.45, 2.75) is 38.4 Å². The number of amides is 1. The molecule has 3 heteroatoms. The Labute approximate surface area is 83.4 Å². The number of carbonyl (C=O) groups is 1. The van der Waals surface area contributed by atoms with Crippen molar-refractivity contribution < 1.29 is 4.79 Å². The van der Waals surface area contributed by atoms with Crippen LogP contribution in [0.25, 0.3) is 0 Å². The molecule has 0 saturated carbocycles. The summed E-state index contributed by atoms with van der Waals surface area (Å²) in [5.41, 5.74) is 0. The predicted octanol–water partition coefficient (Wildman–Crippen LogP) is 2.42. The van der Waals surface area contributed by atoms with Gasteiger partial charge in [-0.1, -0.05) is 29.8 Å². The van der Waals surface area contributed by atoms with Gasteiger partial charge >= 0.3 is 0 Å². The highest BCUT2D eigenvalue weighted by atomic mass is 79.9. The van der Waals surface area contributed by atoms with Crippen molar-refractivity contribution in [1.82, 2.24) is 4.90 Å². The van der Waals surface area contributed by atoms with E-state index in [1.807, 2.05) is 11.8 Å². The van der Waals surface area contributed by atoms with Gasteiger partial charge in [0.2, 0.25) is 5.91 Å². The Bertz CT molecular complexity index is 130. The quantitative estimate of drug-likeness (QED) is 0.671. The summed E-state index contributed by atoms with van der Waals surface area (Å²) in [4.78, 5) is 13.4. The summed E-state index contributed by atoms with van der Waals surface area (Å²) in [6.07, 6.45) is 2.07. The van der Waals surface area contributed by atoms with Gasteiger partial charge in [-0.05, 0) is 19.8 Å². The van der Waals surface area contributed by atoms with Crippen LogP contribution >= 0.6 is 15.9 Å². The highest BCUT2D eigenvalue weighted by Crippen LogP contribution is 2.05. The third-order valence-electron chi connectivity index (χ3n) is 1.64. The molecule has 0 aromatic carbocycles. The molecule has 72 valence electrons. The van der Waals surface area contributed by atoms with Gasteiger partial charge in [0, 0.05) is 13.1 Å². The maximum Gasteiger partial charge on any atom is 0.236 e. The van der Waals surface area contributed by atoms with E-state index in [2.05, 4.69) is 29.8 Å². The Kier molecular flexibility index (Phi) is 6.44. The molecular formula is C9H18BrNO. The Balaban J connectivity index is 3.99. The minimum Gasteiger partial charge on any atom is -0.342 e. The van der Waals surface area contributed by atoms with Crippen LogP contribution in [0, 0.1) is 0 Å². The second-order valence-electron chi connectivity index (χ2n) is 2.94. The average molecular weight is 236 g/mol. The monoisotopic (exact) mass is 235 g/mol. The predicted molar refractivity (Wildman–Crippen MR) is 55.6 cm³/mol. The lowest BCUT2D eigenvalue weighted by Crippen LogP contribution is -2.36. The van der Waals surface area contributed by atoms with E-state index in [1.54, 1.807) is 0 Å². The number of alkyl halides is 1. The van der Waals surface area contributed by atoms with E-state index in [-0.39, 0.29) is 10.7 Å². The van der Waals surface area contributed by atoms with Gasteiger partial charge in [0.1, 0.15) is 0 Å². The molecule has 0 heterocycles. The van der Waals surface area contributed by atoms with Crippen molar-refractivity contribution in [2.24, 2.45) is 0 Å². The van der Waals surface area contributed by atoms with Crippen LogP contribution in [0.3, 0.4) is 0 Å². The van der Waals surface area contributed by atoms with E-state index in [0.29, 0.717) is 0 Å². The molecule has 1 atom stereocenters. The molecule has 0 rings (SSSR count). The molecule has 1 amide bonds. The summed E-state index contributed by atoms with van der Waals surface area (Å²) < 4.78 is 0. The van der Waals surface area contributed by atoms with Crippen LogP contribution in [0.1, 0.15) is 33.6 Å². The number of nitrogens with zero attached hydrogens (tertiary/aromatic N) is 1. The minimum atomic E-state index is -0.0457. The maximum atomic E-state index is 11.5. The van der Waals surface area contributed by atoms with Gasteiger partial charge < -0.3 is 4.90 Å². The lowest BCUT2D eigenvalue weighted by molar-refractivity contribution is -0.130. The van der Waals surface area contributed by atoms with Crippen LogP contribution in [0.2, 0.25) is 0 Å². The SMILES string of the molecule is CCCN(CCC)C(=O)[C@@H](C)Br. The Hall–Kier alpha value is -0.0500. The summed E-state index contributed by atoms with van der Waals surface area (Å²) >= 11 is 3.29. The molecule has 0 bridgehead atoms. The van der Waals surface area contributed by atoms with E-state index in [0.717, 1.165) is 25.9 Å². The summed E-state index contributed by atoms with van der Waals surface area (Å²) in [5, 5.41) is 0. The number of carbonyl (C=O) groups excluding carboxylic acids is 1. The fourth-order valence-corrected chi connectivity index (χ4v) is 1.41. The van der Waals surface area contributed by atoms with Crippen molar-refractivity contribution in [1.29, 1.82) is 0 Å². The molecule has 0 saturated heterocycles. The van der Waals surface area contributed by atoms with Crippen molar-refractivity contribution in [3.63, 3.8) is 0 Å². The highest BCUT2D eigenvalue weighted by Gasteiger charge is 2.15. The second kappa shape index (κ2) is 6.46. The first-order valence-corrected chi connectivity index (χ1v) is 5.47. The van der Waals surface area contributed by atoms with Gasteiger partial charge in [-0.2, -0.15) is 0 Å². The van der Waals surface area contributed by atoms with Crippen LogP contribution < -0.4 is 0 Å². The number of halogens is 1. The third kappa shape index (κ3) is 4.10. The van der Waals surface area contributed by atoms with Crippen molar-refractivity contribution >= 4 is 21.8 Å². The molecule has 12 heavy (non-hydrogen) atoms. The van der Waals surface area contributed by atoms with Crippen LogP contribution in [-0.2, 0) is 4.79 Å². The molecule has 0 aliphatic carbocycles. The lowest BCUT2D eigenvalue weighted by atomic mass is 10.3. The minimum absolute atomic E-state index is 0.0457. The Morgan fingerprint density at radius 3 is 2.00 bits per heavy atom. The molecule has 0 radical (unpaired) electrons. The van der Waals surface area contributed by atoms with Gasteiger partial charge in [0.05, 0.1) is 4.83 Å². The normalized spacial score (nSPS) is 12.7. The molecule has 2 nitrogen and oxygen atoms in total. The zero-order valence-corrected chi connectivity index (χ0v) is 9.73. The molecule has 0 fully saturated rings. The first-order chi connectivity index (χ1) is 5.63. The summed E-state index contributed by atoms with van der Waals surface area (Å²) in [6, 6.07) is 0. The Morgan fingerprint density at radius 2 is 1.75 bits per heavy atom. The van der Waals surface area contributed by atoms with Crippen LogP contribution in [0.15, 0.2) is 0 Å². The average Bonchev–Trinajstić information content (AvgIpc) is 2.03. The third-order valence-corrected chi connectivity index (χ3v) is 2.03. The van der Waals surface area contributed by atoms with Crippen molar-refractivity contribution in [2.75, 3.05) is 13.1 Å². The van der Waals surface area contributed by atoms with E-state index < -0.39 is 0 Å². The molecular weight excluding hydrogens is 218 g/mol. The van der Waals surface area contributed by atoms with E-state index >= 15 is 0 Å². The molecule has 0 unspecified atom stereocenters. The van der Waals surface area contributed by atoms with Crippen LogP contribution in [0.4, 0.5) is 0 Å². The molecule has 0 N–H and O–H groups in total. The molecule has 0 aromatic rings. The largest absolute Gasteiger partial charge is 0.342 e. The molecule has 0 aliphatic heterocycles. The number of hydrogen-bond donors (Lipinski definition) is 0. The topological polar surface area (TPSA) is 20.3 Å². The maximum absolute atomic E-state index is 11.5. The van der Waals surface area contributed by atoms with Crippen LogP contribution in [-0.4, -0.2) is 28.7 Å². The van der Waals surface area contributed by atoms with Crippen molar-refractivity contribution in [3.05, 3.63) is 0 Å². The zero-order valence-electron chi connectivity index (χ0n) is 8.14. The molecule has 0 spiro atoms. The van der Waals surface area contributed by atoms with Gasteiger partial charge in [0.25, 0.3) is 0 Å². The summed E-state index contributed by atoms with van der Waals surface area (Å²) in [7, 11) is 0. The highest BCUT2D eigenvalue weighted by molar-refractivity contribution is 9.10. The number of hydrogen-bond acceptors (Lipinski definition) is 1. The van der Waals surface area contributed by atoms with Gasteiger partial charge in [-0.3, -0.25) is 4.79 Å². The van der Waals surface area contributed by atoms with Crippen LogP contribution in [0.5, 0.6) is 0 Å².